The molecule has 0 saturated heterocycles. The molecule has 3 nitrogen and oxygen atoms in total. The van der Waals surface area contributed by atoms with Crippen LogP contribution >= 0.6 is 31.9 Å². The summed E-state index contributed by atoms with van der Waals surface area (Å²) in [5, 5.41) is 3.06. The highest BCUT2D eigenvalue weighted by Gasteiger charge is 2.30. The number of hydrogen-bond acceptors (Lipinski definition) is 2. The Hall–Kier alpha value is -1.17. The second kappa shape index (κ2) is 7.16. The number of rotatable bonds is 3. The van der Waals surface area contributed by atoms with Crippen molar-refractivity contribution in [2.24, 2.45) is 0 Å². The maximum Gasteiger partial charge on any atom is 0.238 e. The van der Waals surface area contributed by atoms with Gasteiger partial charge in [-0.2, -0.15) is 0 Å². The molecule has 1 heterocycles. The summed E-state index contributed by atoms with van der Waals surface area (Å²) in [5.74, 6) is 0.0288. The topological polar surface area (TPSA) is 32.3 Å². The molecule has 0 saturated carbocycles. The van der Waals surface area contributed by atoms with Gasteiger partial charge in [0, 0.05) is 8.95 Å². The second-order valence-electron chi connectivity index (χ2n) is 5.68. The van der Waals surface area contributed by atoms with Crippen molar-refractivity contribution in [1.29, 1.82) is 0 Å². The molecular formula is C18H18Br2N2O. The Balaban J connectivity index is 2.21. The smallest absolute Gasteiger partial charge is 0.238 e. The van der Waals surface area contributed by atoms with Crippen LogP contribution in [-0.4, -0.2) is 23.9 Å². The number of nitrogens with one attached hydrogen (secondary N) is 1. The Morgan fingerprint density at radius 3 is 2.65 bits per heavy atom. The Morgan fingerprint density at radius 1 is 1.22 bits per heavy atom. The third-order valence-electron chi connectivity index (χ3n) is 3.98. The molecule has 1 unspecified atom stereocenters. The van der Waals surface area contributed by atoms with Crippen LogP contribution in [0.3, 0.4) is 0 Å². The van der Waals surface area contributed by atoms with Crippen molar-refractivity contribution < 1.29 is 4.79 Å². The molecule has 1 aliphatic rings. The minimum Gasteiger partial charge on any atom is -0.324 e. The van der Waals surface area contributed by atoms with Crippen molar-refractivity contribution in [3.8, 4) is 0 Å². The first-order valence-corrected chi connectivity index (χ1v) is 9.26. The number of anilines is 1. The van der Waals surface area contributed by atoms with Gasteiger partial charge in [-0.05, 0) is 52.2 Å². The van der Waals surface area contributed by atoms with Gasteiger partial charge in [0.05, 0.1) is 18.3 Å². The molecule has 23 heavy (non-hydrogen) atoms. The van der Waals surface area contributed by atoms with E-state index in [0.29, 0.717) is 6.54 Å². The van der Waals surface area contributed by atoms with Crippen molar-refractivity contribution in [1.82, 2.24) is 4.90 Å². The lowest BCUT2D eigenvalue weighted by molar-refractivity contribution is -0.117. The van der Waals surface area contributed by atoms with Gasteiger partial charge in [-0.1, -0.05) is 53.2 Å². The molecule has 0 spiro atoms. The fourth-order valence-corrected chi connectivity index (χ4v) is 4.47. The standard InChI is InChI=1S/C18H18Br2N2O/c1-2-8-22-11-16(23)21-17-14(9-13(19)10-15(17)20)18(22)12-6-4-3-5-7-12/h3-7,9-10,18H,2,8,11H2,1H3,(H,21,23). The molecule has 1 amide bonds. The van der Waals surface area contributed by atoms with Crippen molar-refractivity contribution in [2.75, 3.05) is 18.4 Å². The summed E-state index contributed by atoms with van der Waals surface area (Å²) < 4.78 is 1.89. The van der Waals surface area contributed by atoms with E-state index in [0.717, 1.165) is 33.2 Å². The maximum absolute atomic E-state index is 12.4. The summed E-state index contributed by atoms with van der Waals surface area (Å²) >= 11 is 7.17. The van der Waals surface area contributed by atoms with Gasteiger partial charge in [0.15, 0.2) is 0 Å². The number of benzene rings is 2. The van der Waals surface area contributed by atoms with E-state index in [4.69, 9.17) is 0 Å². The molecule has 0 fully saturated rings. The molecule has 120 valence electrons. The minimum atomic E-state index is 0.0288. The van der Waals surface area contributed by atoms with Gasteiger partial charge in [-0.3, -0.25) is 9.69 Å². The molecule has 2 aromatic rings. The van der Waals surface area contributed by atoms with E-state index in [-0.39, 0.29) is 11.9 Å². The molecule has 1 aliphatic heterocycles. The third-order valence-corrected chi connectivity index (χ3v) is 5.07. The van der Waals surface area contributed by atoms with Gasteiger partial charge in [0.1, 0.15) is 0 Å². The number of nitrogens with zero attached hydrogens (tertiary/aromatic N) is 1. The third kappa shape index (κ3) is 3.52. The Labute approximate surface area is 153 Å². The van der Waals surface area contributed by atoms with Gasteiger partial charge in [0.2, 0.25) is 5.91 Å². The van der Waals surface area contributed by atoms with E-state index in [9.17, 15) is 4.79 Å². The molecule has 5 heteroatoms. The fraction of sp³-hybridized carbons (Fsp3) is 0.278. The van der Waals surface area contributed by atoms with Gasteiger partial charge in [-0.15, -0.1) is 0 Å². The van der Waals surface area contributed by atoms with Crippen LogP contribution in [0.5, 0.6) is 0 Å². The van der Waals surface area contributed by atoms with Gasteiger partial charge in [0.25, 0.3) is 0 Å². The number of hydrogen-bond donors (Lipinski definition) is 1. The summed E-state index contributed by atoms with van der Waals surface area (Å²) in [5.41, 5.74) is 3.17. The quantitative estimate of drug-likeness (QED) is 0.735. The van der Waals surface area contributed by atoms with E-state index in [1.807, 2.05) is 24.3 Å². The van der Waals surface area contributed by atoms with Crippen LogP contribution in [0.15, 0.2) is 51.4 Å². The van der Waals surface area contributed by atoms with Crippen LogP contribution in [0.4, 0.5) is 5.69 Å². The first kappa shape index (κ1) is 16.7. The Morgan fingerprint density at radius 2 is 1.96 bits per heavy atom. The van der Waals surface area contributed by atoms with Crippen LogP contribution in [0.25, 0.3) is 0 Å². The summed E-state index contributed by atoms with van der Waals surface area (Å²) in [6.07, 6.45) is 1.00. The maximum atomic E-state index is 12.4. The van der Waals surface area contributed by atoms with Crippen molar-refractivity contribution in [3.05, 3.63) is 62.5 Å². The first-order valence-electron chi connectivity index (χ1n) is 7.68. The van der Waals surface area contributed by atoms with Gasteiger partial charge >= 0.3 is 0 Å². The van der Waals surface area contributed by atoms with Crippen LogP contribution < -0.4 is 5.32 Å². The molecule has 1 atom stereocenters. The molecule has 0 aromatic heterocycles. The zero-order chi connectivity index (χ0) is 16.4. The lowest BCUT2D eigenvalue weighted by Gasteiger charge is -2.30. The molecule has 0 aliphatic carbocycles. The molecule has 1 N–H and O–H groups in total. The van der Waals surface area contributed by atoms with Crippen LogP contribution in [0.2, 0.25) is 0 Å². The zero-order valence-electron chi connectivity index (χ0n) is 12.9. The molecule has 3 rings (SSSR count). The van der Waals surface area contributed by atoms with E-state index in [1.165, 1.54) is 5.56 Å². The van der Waals surface area contributed by atoms with E-state index in [1.54, 1.807) is 0 Å². The predicted octanol–water partition coefficient (Wildman–Crippen LogP) is 4.97. The number of amides is 1. The Kier molecular flexibility index (Phi) is 5.19. The highest BCUT2D eigenvalue weighted by molar-refractivity contribution is 9.11. The van der Waals surface area contributed by atoms with Gasteiger partial charge in [-0.25, -0.2) is 0 Å². The van der Waals surface area contributed by atoms with Crippen molar-refractivity contribution in [2.45, 2.75) is 19.4 Å². The largest absolute Gasteiger partial charge is 0.324 e. The second-order valence-corrected chi connectivity index (χ2v) is 7.45. The molecule has 2 aromatic carbocycles. The van der Waals surface area contributed by atoms with Crippen LogP contribution in [0, 0.1) is 0 Å². The van der Waals surface area contributed by atoms with E-state index in [2.05, 4.69) is 67.2 Å². The lowest BCUT2D eigenvalue weighted by atomic mass is 9.96. The summed E-state index contributed by atoms with van der Waals surface area (Å²) in [7, 11) is 0. The monoisotopic (exact) mass is 436 g/mol. The Bertz CT molecular complexity index is 718. The number of halogens is 2. The first-order chi connectivity index (χ1) is 11.1. The SMILES string of the molecule is CCCN1CC(=O)Nc2c(Br)cc(Br)cc2C1c1ccccc1. The zero-order valence-corrected chi connectivity index (χ0v) is 16.0. The molecule has 0 radical (unpaired) electrons. The summed E-state index contributed by atoms with van der Waals surface area (Å²) in [6.45, 7) is 3.41. The number of carbonyl (C=O) groups is 1. The highest BCUT2D eigenvalue weighted by Crippen LogP contribution is 2.41. The minimum absolute atomic E-state index is 0.0288. The predicted molar refractivity (Wildman–Crippen MR) is 101 cm³/mol. The normalized spacial score (nSPS) is 18.2. The van der Waals surface area contributed by atoms with Crippen LogP contribution in [0.1, 0.15) is 30.5 Å². The average Bonchev–Trinajstić information content (AvgIpc) is 2.65. The average molecular weight is 438 g/mol. The lowest BCUT2D eigenvalue weighted by Crippen LogP contribution is -2.34. The van der Waals surface area contributed by atoms with Crippen molar-refractivity contribution >= 4 is 43.5 Å². The number of fused-ring (bicyclic) bond motifs is 1. The van der Waals surface area contributed by atoms with E-state index >= 15 is 0 Å². The molecule has 0 bridgehead atoms. The highest BCUT2D eigenvalue weighted by atomic mass is 79.9. The van der Waals surface area contributed by atoms with Crippen molar-refractivity contribution in [3.63, 3.8) is 0 Å². The van der Waals surface area contributed by atoms with Crippen LogP contribution in [-0.2, 0) is 4.79 Å². The summed E-state index contributed by atoms with van der Waals surface area (Å²) in [6, 6.07) is 14.5. The fourth-order valence-electron chi connectivity index (χ4n) is 3.11. The summed E-state index contributed by atoms with van der Waals surface area (Å²) in [4.78, 5) is 14.6. The van der Waals surface area contributed by atoms with Gasteiger partial charge < -0.3 is 5.32 Å². The number of carbonyl (C=O) groups excluding carboxylic acids is 1. The van der Waals surface area contributed by atoms with E-state index < -0.39 is 0 Å². The molecular weight excluding hydrogens is 420 g/mol.